The van der Waals surface area contributed by atoms with Gasteiger partial charge in [-0.15, -0.1) is 0 Å². The molecule has 6 nitrogen and oxygen atoms in total. The van der Waals surface area contributed by atoms with Gasteiger partial charge < -0.3 is 5.32 Å². The Labute approximate surface area is 104 Å². The minimum absolute atomic E-state index is 0.0319. The molecule has 2 aromatic rings. The number of nitrogens with one attached hydrogen (secondary N) is 2. The van der Waals surface area contributed by atoms with E-state index in [0.717, 1.165) is 11.3 Å². The van der Waals surface area contributed by atoms with E-state index in [2.05, 4.69) is 15.5 Å². The van der Waals surface area contributed by atoms with E-state index in [1.807, 2.05) is 13.0 Å². The summed E-state index contributed by atoms with van der Waals surface area (Å²) in [7, 11) is 0. The van der Waals surface area contributed by atoms with Crippen molar-refractivity contribution in [3.8, 4) is 0 Å². The highest BCUT2D eigenvalue weighted by Crippen LogP contribution is 2.27. The fourth-order valence-corrected chi connectivity index (χ4v) is 1.79. The van der Waals surface area contributed by atoms with E-state index >= 15 is 0 Å². The predicted molar refractivity (Wildman–Crippen MR) is 68.5 cm³/mol. The quantitative estimate of drug-likeness (QED) is 0.641. The SMILES string of the molecule is Cc1c(NC(C)c2cn[nH]c2)cccc1[N+](=O)[O-]. The van der Waals surface area contributed by atoms with Crippen molar-refractivity contribution in [3.63, 3.8) is 0 Å². The van der Waals surface area contributed by atoms with Gasteiger partial charge >= 0.3 is 0 Å². The second kappa shape index (κ2) is 4.87. The van der Waals surface area contributed by atoms with Crippen LogP contribution >= 0.6 is 0 Å². The van der Waals surface area contributed by atoms with Gasteiger partial charge in [-0.1, -0.05) is 6.07 Å². The summed E-state index contributed by atoms with van der Waals surface area (Å²) in [4.78, 5) is 10.5. The molecule has 0 saturated heterocycles. The number of hydrogen-bond acceptors (Lipinski definition) is 4. The highest BCUT2D eigenvalue weighted by molar-refractivity contribution is 5.60. The predicted octanol–water partition coefficient (Wildman–Crippen LogP) is 2.80. The van der Waals surface area contributed by atoms with Crippen LogP contribution in [0.4, 0.5) is 11.4 Å². The number of aromatic amines is 1. The fourth-order valence-electron chi connectivity index (χ4n) is 1.79. The molecule has 18 heavy (non-hydrogen) atoms. The maximum atomic E-state index is 10.9. The van der Waals surface area contributed by atoms with Crippen LogP contribution in [0.5, 0.6) is 0 Å². The zero-order valence-electron chi connectivity index (χ0n) is 10.2. The second-order valence-corrected chi connectivity index (χ2v) is 4.10. The average Bonchev–Trinajstić information content (AvgIpc) is 2.85. The molecule has 0 aliphatic heterocycles. The van der Waals surface area contributed by atoms with Crippen LogP contribution in [-0.2, 0) is 0 Å². The maximum absolute atomic E-state index is 10.9. The van der Waals surface area contributed by atoms with Crippen molar-refractivity contribution in [2.45, 2.75) is 19.9 Å². The van der Waals surface area contributed by atoms with Crippen LogP contribution in [0.3, 0.4) is 0 Å². The molecule has 0 fully saturated rings. The molecule has 1 atom stereocenters. The van der Waals surface area contributed by atoms with Crippen molar-refractivity contribution in [1.29, 1.82) is 0 Å². The van der Waals surface area contributed by atoms with Crippen molar-refractivity contribution in [1.82, 2.24) is 10.2 Å². The van der Waals surface area contributed by atoms with E-state index in [9.17, 15) is 10.1 Å². The summed E-state index contributed by atoms with van der Waals surface area (Å²) < 4.78 is 0. The molecule has 0 bridgehead atoms. The highest BCUT2D eigenvalue weighted by Gasteiger charge is 2.15. The fraction of sp³-hybridized carbons (Fsp3) is 0.250. The first-order valence-corrected chi connectivity index (χ1v) is 5.59. The van der Waals surface area contributed by atoms with Gasteiger partial charge in [-0.25, -0.2) is 0 Å². The summed E-state index contributed by atoms with van der Waals surface area (Å²) in [5.41, 5.74) is 2.52. The molecule has 6 heteroatoms. The Kier molecular flexibility index (Phi) is 3.27. The van der Waals surface area contributed by atoms with E-state index in [0.29, 0.717) is 5.56 Å². The van der Waals surface area contributed by atoms with Crippen LogP contribution in [0.2, 0.25) is 0 Å². The van der Waals surface area contributed by atoms with Crippen LogP contribution in [-0.4, -0.2) is 15.1 Å². The van der Waals surface area contributed by atoms with E-state index in [1.165, 1.54) is 6.07 Å². The highest BCUT2D eigenvalue weighted by atomic mass is 16.6. The lowest BCUT2D eigenvalue weighted by Crippen LogP contribution is -2.07. The first-order valence-electron chi connectivity index (χ1n) is 5.59. The van der Waals surface area contributed by atoms with Crippen LogP contribution in [0, 0.1) is 17.0 Å². The standard InChI is InChI=1S/C12H14N4O2/c1-8-11(4-3-5-12(8)16(17)18)15-9(2)10-6-13-14-7-10/h3-7,9,15H,1-2H3,(H,13,14). The third kappa shape index (κ3) is 2.32. The largest absolute Gasteiger partial charge is 0.378 e. The summed E-state index contributed by atoms with van der Waals surface area (Å²) in [5, 5.41) is 20.7. The first kappa shape index (κ1) is 12.1. The molecule has 0 aliphatic carbocycles. The normalized spacial score (nSPS) is 12.1. The summed E-state index contributed by atoms with van der Waals surface area (Å²) in [6, 6.07) is 5.04. The minimum Gasteiger partial charge on any atom is -0.378 e. The van der Waals surface area contributed by atoms with E-state index in [4.69, 9.17) is 0 Å². The maximum Gasteiger partial charge on any atom is 0.274 e. The smallest absolute Gasteiger partial charge is 0.274 e. The molecular weight excluding hydrogens is 232 g/mol. The Morgan fingerprint density at radius 2 is 2.28 bits per heavy atom. The molecule has 2 N–H and O–H groups in total. The van der Waals surface area contributed by atoms with Crippen molar-refractivity contribution in [2.75, 3.05) is 5.32 Å². The van der Waals surface area contributed by atoms with Gasteiger partial charge in [-0.3, -0.25) is 15.2 Å². The summed E-state index contributed by atoms with van der Waals surface area (Å²) >= 11 is 0. The molecule has 1 heterocycles. The molecule has 94 valence electrons. The number of benzene rings is 1. The molecule has 0 radical (unpaired) electrons. The summed E-state index contributed by atoms with van der Waals surface area (Å²) in [6.45, 7) is 3.71. The molecule has 2 rings (SSSR count). The molecular formula is C12H14N4O2. The molecule has 0 aliphatic rings. The number of anilines is 1. The lowest BCUT2D eigenvalue weighted by molar-refractivity contribution is -0.385. The Morgan fingerprint density at radius 1 is 1.50 bits per heavy atom. The number of H-pyrrole nitrogens is 1. The van der Waals surface area contributed by atoms with Gasteiger partial charge in [0.15, 0.2) is 0 Å². The molecule has 1 aromatic carbocycles. The van der Waals surface area contributed by atoms with Crippen LogP contribution in [0.25, 0.3) is 0 Å². The topological polar surface area (TPSA) is 83.8 Å². The number of nitrogens with zero attached hydrogens (tertiary/aromatic N) is 2. The van der Waals surface area contributed by atoms with Gasteiger partial charge in [0.1, 0.15) is 0 Å². The van der Waals surface area contributed by atoms with Crippen molar-refractivity contribution < 1.29 is 4.92 Å². The van der Waals surface area contributed by atoms with Crippen molar-refractivity contribution in [2.24, 2.45) is 0 Å². The van der Waals surface area contributed by atoms with Gasteiger partial charge in [-0.05, 0) is 19.9 Å². The lowest BCUT2D eigenvalue weighted by Gasteiger charge is -2.15. The Balaban J connectivity index is 2.24. The van der Waals surface area contributed by atoms with Crippen LogP contribution in [0.15, 0.2) is 30.6 Å². The van der Waals surface area contributed by atoms with Gasteiger partial charge in [0, 0.05) is 29.1 Å². The monoisotopic (exact) mass is 246 g/mol. The van der Waals surface area contributed by atoms with Crippen LogP contribution in [0.1, 0.15) is 24.1 Å². The molecule has 1 aromatic heterocycles. The van der Waals surface area contributed by atoms with Crippen molar-refractivity contribution >= 4 is 11.4 Å². The van der Waals surface area contributed by atoms with Crippen LogP contribution < -0.4 is 5.32 Å². The number of rotatable bonds is 4. The third-order valence-electron chi connectivity index (χ3n) is 2.89. The third-order valence-corrected chi connectivity index (χ3v) is 2.89. The summed E-state index contributed by atoms with van der Waals surface area (Å²) in [6.07, 6.45) is 3.52. The van der Waals surface area contributed by atoms with Gasteiger partial charge in [-0.2, -0.15) is 5.10 Å². The molecule has 0 spiro atoms. The minimum atomic E-state index is -0.372. The zero-order valence-corrected chi connectivity index (χ0v) is 10.2. The Morgan fingerprint density at radius 3 is 2.89 bits per heavy atom. The molecule has 0 saturated carbocycles. The van der Waals surface area contributed by atoms with Gasteiger partial charge in [0.05, 0.1) is 17.2 Å². The van der Waals surface area contributed by atoms with E-state index in [1.54, 1.807) is 25.4 Å². The average molecular weight is 246 g/mol. The molecule has 1 unspecified atom stereocenters. The van der Waals surface area contributed by atoms with E-state index in [-0.39, 0.29) is 16.7 Å². The number of hydrogen-bond donors (Lipinski definition) is 2. The van der Waals surface area contributed by atoms with E-state index < -0.39 is 0 Å². The lowest BCUT2D eigenvalue weighted by atomic mass is 10.1. The molecule has 0 amide bonds. The Bertz CT molecular complexity index is 551. The first-order chi connectivity index (χ1) is 8.59. The number of aromatic nitrogens is 2. The second-order valence-electron chi connectivity index (χ2n) is 4.10. The zero-order chi connectivity index (χ0) is 13.1. The van der Waals surface area contributed by atoms with Gasteiger partial charge in [0.2, 0.25) is 0 Å². The van der Waals surface area contributed by atoms with Gasteiger partial charge in [0.25, 0.3) is 5.69 Å². The number of nitro benzene ring substituents is 1. The Hall–Kier alpha value is -2.37. The number of nitro groups is 1. The summed E-state index contributed by atoms with van der Waals surface area (Å²) in [5.74, 6) is 0. The van der Waals surface area contributed by atoms with Crippen molar-refractivity contribution in [3.05, 3.63) is 51.8 Å².